The van der Waals surface area contributed by atoms with Crippen molar-refractivity contribution in [3.05, 3.63) is 24.3 Å². The van der Waals surface area contributed by atoms with Crippen LogP contribution in [0.5, 0.6) is 5.75 Å². The van der Waals surface area contributed by atoms with E-state index in [4.69, 9.17) is 4.74 Å². The summed E-state index contributed by atoms with van der Waals surface area (Å²) in [6.45, 7) is 3.64. The molecule has 114 valence electrons. The highest BCUT2D eigenvalue weighted by molar-refractivity contribution is 6.04. The first kappa shape index (κ1) is 15.4. The maximum Gasteiger partial charge on any atom is 0.233 e. The molecular formula is C16H22N2O3. The molecule has 0 saturated carbocycles. The van der Waals surface area contributed by atoms with Crippen molar-refractivity contribution in [2.75, 3.05) is 25.5 Å². The number of nitrogens with zero attached hydrogens (tertiary/aromatic N) is 1. The first-order chi connectivity index (χ1) is 10.1. The molecule has 1 atom stereocenters. The highest BCUT2D eigenvalue weighted by atomic mass is 16.5. The Morgan fingerprint density at radius 2 is 2.14 bits per heavy atom. The van der Waals surface area contributed by atoms with Crippen molar-refractivity contribution in [3.63, 3.8) is 0 Å². The van der Waals surface area contributed by atoms with E-state index in [-0.39, 0.29) is 18.2 Å². The first-order valence-corrected chi connectivity index (χ1v) is 7.30. The largest absolute Gasteiger partial charge is 0.495 e. The number of hydrogen-bond donors (Lipinski definition) is 1. The van der Waals surface area contributed by atoms with Gasteiger partial charge in [-0.05, 0) is 30.9 Å². The van der Waals surface area contributed by atoms with Gasteiger partial charge in [-0.1, -0.05) is 19.1 Å². The Labute approximate surface area is 125 Å². The third-order valence-corrected chi connectivity index (χ3v) is 3.70. The minimum Gasteiger partial charge on any atom is -0.495 e. The van der Waals surface area contributed by atoms with Gasteiger partial charge < -0.3 is 15.0 Å². The average molecular weight is 290 g/mol. The van der Waals surface area contributed by atoms with E-state index in [1.165, 1.54) is 0 Å². The second-order valence-corrected chi connectivity index (χ2v) is 5.51. The van der Waals surface area contributed by atoms with Crippen LogP contribution < -0.4 is 10.1 Å². The molecule has 1 fully saturated rings. The number of carbonyl (C=O) groups excluding carboxylic acids is 2. The number of anilines is 1. The molecule has 2 rings (SSSR count). The summed E-state index contributed by atoms with van der Waals surface area (Å²) in [5.74, 6) is 0.696. The third kappa shape index (κ3) is 4.21. The number of methoxy groups -OCH3 is 1. The second kappa shape index (κ2) is 7.11. The lowest BCUT2D eigenvalue weighted by molar-refractivity contribution is -0.136. The number of ether oxygens (including phenoxy) is 1. The van der Waals surface area contributed by atoms with Crippen molar-refractivity contribution < 1.29 is 14.3 Å². The van der Waals surface area contributed by atoms with Gasteiger partial charge in [0.1, 0.15) is 12.2 Å². The molecule has 1 N–H and O–H groups in total. The number of rotatable bonds is 4. The molecule has 0 spiro atoms. The van der Waals surface area contributed by atoms with Crippen LogP contribution >= 0.6 is 0 Å². The topological polar surface area (TPSA) is 58.6 Å². The minimum atomic E-state index is -0.303. The number of amides is 2. The molecule has 1 aromatic rings. The van der Waals surface area contributed by atoms with Crippen LogP contribution in [0.2, 0.25) is 0 Å². The lowest BCUT2D eigenvalue weighted by atomic mass is 10.00. The van der Waals surface area contributed by atoms with Gasteiger partial charge in [-0.2, -0.15) is 0 Å². The molecule has 1 aliphatic rings. The van der Waals surface area contributed by atoms with Gasteiger partial charge in [0.05, 0.1) is 12.8 Å². The second-order valence-electron chi connectivity index (χ2n) is 5.51. The normalized spacial score (nSPS) is 18.2. The van der Waals surface area contributed by atoms with E-state index >= 15 is 0 Å². The molecule has 1 saturated heterocycles. The molecule has 0 radical (unpaired) electrons. The summed E-state index contributed by atoms with van der Waals surface area (Å²) in [5.41, 5.74) is 0.588. The van der Waals surface area contributed by atoms with E-state index in [9.17, 15) is 9.59 Å². The number of hydrogen-bond acceptors (Lipinski definition) is 3. The van der Waals surface area contributed by atoms with Crippen LogP contribution in [0.3, 0.4) is 0 Å². The molecule has 21 heavy (non-hydrogen) atoms. The predicted octanol–water partition coefficient (Wildman–Crippen LogP) is 2.28. The fourth-order valence-electron chi connectivity index (χ4n) is 2.61. The number of carbonyl (C=O) groups is 2. The Kier molecular flexibility index (Phi) is 5.20. The van der Waals surface area contributed by atoms with Gasteiger partial charge in [0.25, 0.3) is 0 Å². The van der Waals surface area contributed by atoms with Gasteiger partial charge in [0.15, 0.2) is 0 Å². The number of likely N-dealkylation sites (tertiary alicyclic amines) is 1. The van der Waals surface area contributed by atoms with Crippen LogP contribution in [0.15, 0.2) is 24.3 Å². The van der Waals surface area contributed by atoms with Crippen molar-refractivity contribution in [1.29, 1.82) is 0 Å². The highest BCUT2D eigenvalue weighted by Gasteiger charge is 2.22. The van der Waals surface area contributed by atoms with Gasteiger partial charge in [0.2, 0.25) is 11.8 Å². The van der Waals surface area contributed by atoms with Crippen molar-refractivity contribution >= 4 is 17.5 Å². The van der Waals surface area contributed by atoms with Crippen molar-refractivity contribution in [2.45, 2.75) is 26.2 Å². The van der Waals surface area contributed by atoms with Gasteiger partial charge in [-0.3, -0.25) is 9.59 Å². The number of benzene rings is 1. The van der Waals surface area contributed by atoms with Crippen LogP contribution in [0.25, 0.3) is 0 Å². The van der Waals surface area contributed by atoms with Crippen LogP contribution in [0, 0.1) is 5.92 Å². The molecule has 2 amide bonds. The fourth-order valence-corrected chi connectivity index (χ4v) is 2.61. The SMILES string of the molecule is COc1ccccc1NC(=O)CC(=O)N1CCCC(C)C1. The van der Waals surface area contributed by atoms with Crippen molar-refractivity contribution in [1.82, 2.24) is 4.90 Å². The molecule has 0 aliphatic carbocycles. The molecular weight excluding hydrogens is 268 g/mol. The zero-order valence-electron chi connectivity index (χ0n) is 12.6. The molecule has 5 heteroatoms. The number of nitrogens with one attached hydrogen (secondary N) is 1. The average Bonchev–Trinajstić information content (AvgIpc) is 2.47. The lowest BCUT2D eigenvalue weighted by Crippen LogP contribution is -2.40. The molecule has 0 aromatic heterocycles. The Morgan fingerprint density at radius 1 is 1.38 bits per heavy atom. The van der Waals surface area contributed by atoms with E-state index in [1.807, 2.05) is 12.1 Å². The summed E-state index contributed by atoms with van der Waals surface area (Å²) in [7, 11) is 1.55. The molecule has 1 unspecified atom stereocenters. The third-order valence-electron chi connectivity index (χ3n) is 3.70. The first-order valence-electron chi connectivity index (χ1n) is 7.30. The summed E-state index contributed by atoms with van der Waals surface area (Å²) in [5, 5.41) is 2.73. The van der Waals surface area contributed by atoms with Gasteiger partial charge in [-0.15, -0.1) is 0 Å². The van der Waals surface area contributed by atoms with E-state index in [2.05, 4.69) is 12.2 Å². The van der Waals surface area contributed by atoms with E-state index in [0.29, 0.717) is 17.4 Å². The van der Waals surface area contributed by atoms with Crippen molar-refractivity contribution in [2.24, 2.45) is 5.92 Å². The number of piperidine rings is 1. The monoisotopic (exact) mass is 290 g/mol. The van der Waals surface area contributed by atoms with Gasteiger partial charge in [-0.25, -0.2) is 0 Å². The Morgan fingerprint density at radius 3 is 2.86 bits per heavy atom. The Bertz CT molecular complexity index is 516. The molecule has 1 heterocycles. The number of para-hydroxylation sites is 2. The van der Waals surface area contributed by atoms with Crippen LogP contribution in [0.4, 0.5) is 5.69 Å². The zero-order valence-corrected chi connectivity index (χ0v) is 12.6. The summed E-state index contributed by atoms with van der Waals surface area (Å²) < 4.78 is 5.17. The Hall–Kier alpha value is -2.04. The molecule has 5 nitrogen and oxygen atoms in total. The maximum absolute atomic E-state index is 12.1. The van der Waals surface area contributed by atoms with Crippen LogP contribution in [0.1, 0.15) is 26.2 Å². The van der Waals surface area contributed by atoms with Crippen molar-refractivity contribution in [3.8, 4) is 5.75 Å². The highest BCUT2D eigenvalue weighted by Crippen LogP contribution is 2.23. The quantitative estimate of drug-likeness (QED) is 0.866. The standard InChI is InChI=1S/C16H22N2O3/c1-12-6-5-9-18(11-12)16(20)10-15(19)17-13-7-3-4-8-14(13)21-2/h3-4,7-8,12H,5-6,9-11H2,1-2H3,(H,17,19). The van der Waals surface area contributed by atoms with E-state index in [0.717, 1.165) is 25.9 Å². The Balaban J connectivity index is 1.90. The fraction of sp³-hybridized carbons (Fsp3) is 0.500. The summed E-state index contributed by atoms with van der Waals surface area (Å²) in [6, 6.07) is 7.16. The van der Waals surface area contributed by atoms with E-state index < -0.39 is 0 Å². The van der Waals surface area contributed by atoms with Gasteiger partial charge in [0, 0.05) is 13.1 Å². The minimum absolute atomic E-state index is 0.103. The lowest BCUT2D eigenvalue weighted by Gasteiger charge is -2.30. The smallest absolute Gasteiger partial charge is 0.233 e. The van der Waals surface area contributed by atoms with E-state index in [1.54, 1.807) is 24.1 Å². The van der Waals surface area contributed by atoms with Crippen LogP contribution in [-0.4, -0.2) is 36.9 Å². The maximum atomic E-state index is 12.1. The summed E-state index contributed by atoms with van der Waals surface area (Å²) in [4.78, 5) is 25.9. The summed E-state index contributed by atoms with van der Waals surface area (Å²) >= 11 is 0. The summed E-state index contributed by atoms with van der Waals surface area (Å²) in [6.07, 6.45) is 2.04. The zero-order chi connectivity index (χ0) is 15.2. The molecule has 1 aliphatic heterocycles. The molecule has 1 aromatic carbocycles. The molecule has 0 bridgehead atoms. The van der Waals surface area contributed by atoms with Crippen LogP contribution in [-0.2, 0) is 9.59 Å². The predicted molar refractivity (Wildman–Crippen MR) is 81.2 cm³/mol. The van der Waals surface area contributed by atoms with Gasteiger partial charge >= 0.3 is 0 Å².